The van der Waals surface area contributed by atoms with Gasteiger partial charge in [-0.2, -0.15) is 8.78 Å². The van der Waals surface area contributed by atoms with E-state index in [2.05, 4.69) is 20.0 Å². The molecule has 2 aromatic carbocycles. The first-order chi connectivity index (χ1) is 13.0. The van der Waals surface area contributed by atoms with Crippen LogP contribution in [0.15, 0.2) is 47.6 Å². The first-order valence-corrected chi connectivity index (χ1v) is 9.12. The number of aromatic nitrogens is 2. The van der Waals surface area contributed by atoms with Crippen LogP contribution in [0.1, 0.15) is 6.92 Å². The molecule has 0 fully saturated rings. The van der Waals surface area contributed by atoms with Crippen LogP contribution < -0.4 is 14.8 Å². The maximum Gasteiger partial charge on any atom is 0.387 e. The first kappa shape index (κ1) is 19.0. The number of nitrogens with one attached hydrogen (secondary N) is 2. The van der Waals surface area contributed by atoms with Crippen molar-refractivity contribution in [2.24, 2.45) is 0 Å². The van der Waals surface area contributed by atoms with Gasteiger partial charge in [-0.3, -0.25) is 4.79 Å². The number of H-pyrrole nitrogens is 1. The molecular weight excluding hydrogens is 376 g/mol. The predicted octanol–water partition coefficient (Wildman–Crippen LogP) is 4.29. The summed E-state index contributed by atoms with van der Waals surface area (Å²) in [5.41, 5.74) is 2.11. The zero-order chi connectivity index (χ0) is 19.2. The van der Waals surface area contributed by atoms with Crippen LogP contribution in [0, 0.1) is 0 Å². The highest BCUT2D eigenvalue weighted by Crippen LogP contribution is 2.24. The average Bonchev–Trinajstić information content (AvgIpc) is 3.04. The molecule has 0 unspecified atom stereocenters. The summed E-state index contributed by atoms with van der Waals surface area (Å²) in [6, 6.07) is 11.3. The topological polar surface area (TPSA) is 76.2 Å². The molecule has 1 amide bonds. The molecule has 0 aliphatic carbocycles. The number of carbonyl (C=O) groups is 1. The third-order valence-corrected chi connectivity index (χ3v) is 4.32. The molecule has 0 saturated carbocycles. The zero-order valence-corrected chi connectivity index (χ0v) is 15.2. The number of nitrogens with zero attached hydrogens (tertiary/aromatic N) is 1. The van der Waals surface area contributed by atoms with Crippen LogP contribution in [0.2, 0.25) is 0 Å². The summed E-state index contributed by atoms with van der Waals surface area (Å²) in [6.45, 7) is -0.386. The van der Waals surface area contributed by atoms with Gasteiger partial charge in [-0.1, -0.05) is 11.8 Å². The molecule has 0 spiro atoms. The Morgan fingerprint density at radius 3 is 2.67 bits per heavy atom. The van der Waals surface area contributed by atoms with E-state index in [9.17, 15) is 13.6 Å². The lowest BCUT2D eigenvalue weighted by molar-refractivity contribution is -0.113. The summed E-state index contributed by atoms with van der Waals surface area (Å²) in [7, 11) is 0. The summed E-state index contributed by atoms with van der Waals surface area (Å²) >= 11 is 1.26. The van der Waals surface area contributed by atoms with Crippen LogP contribution in [0.4, 0.5) is 14.5 Å². The van der Waals surface area contributed by atoms with Gasteiger partial charge in [0.1, 0.15) is 11.5 Å². The average molecular weight is 393 g/mol. The van der Waals surface area contributed by atoms with Gasteiger partial charge in [0.05, 0.1) is 23.4 Å². The number of imidazole rings is 1. The van der Waals surface area contributed by atoms with Crippen molar-refractivity contribution >= 4 is 34.4 Å². The van der Waals surface area contributed by atoms with Crippen molar-refractivity contribution in [3.8, 4) is 11.5 Å². The number of ether oxygens (including phenoxy) is 2. The van der Waals surface area contributed by atoms with Gasteiger partial charge in [-0.15, -0.1) is 0 Å². The lowest BCUT2D eigenvalue weighted by Crippen LogP contribution is -2.14. The molecule has 3 aromatic rings. The van der Waals surface area contributed by atoms with E-state index in [1.807, 2.05) is 25.1 Å². The molecule has 0 aliphatic rings. The molecule has 9 heteroatoms. The lowest BCUT2D eigenvalue weighted by atomic mass is 10.3. The van der Waals surface area contributed by atoms with Gasteiger partial charge < -0.3 is 19.8 Å². The Hall–Kier alpha value is -2.81. The fourth-order valence-electron chi connectivity index (χ4n) is 2.34. The molecule has 1 aromatic heterocycles. The van der Waals surface area contributed by atoms with Crippen molar-refractivity contribution in [3.63, 3.8) is 0 Å². The molecule has 0 radical (unpaired) electrons. The van der Waals surface area contributed by atoms with Crippen molar-refractivity contribution < 1.29 is 23.0 Å². The van der Waals surface area contributed by atoms with Crippen molar-refractivity contribution in [2.45, 2.75) is 18.7 Å². The molecule has 0 saturated heterocycles. The van der Waals surface area contributed by atoms with Gasteiger partial charge in [0, 0.05) is 11.8 Å². The van der Waals surface area contributed by atoms with E-state index in [1.165, 1.54) is 36.0 Å². The Balaban J connectivity index is 1.54. The van der Waals surface area contributed by atoms with E-state index in [1.54, 1.807) is 0 Å². The van der Waals surface area contributed by atoms with Gasteiger partial charge in [0.15, 0.2) is 5.16 Å². The van der Waals surface area contributed by atoms with Gasteiger partial charge in [0.25, 0.3) is 0 Å². The number of thioether (sulfide) groups is 1. The van der Waals surface area contributed by atoms with Crippen LogP contribution >= 0.6 is 11.8 Å². The van der Waals surface area contributed by atoms with Crippen LogP contribution in [-0.4, -0.2) is 34.8 Å². The van der Waals surface area contributed by atoms with Crippen LogP contribution in [0.25, 0.3) is 11.0 Å². The lowest BCUT2D eigenvalue weighted by Gasteiger charge is -2.07. The smallest absolute Gasteiger partial charge is 0.387 e. The fourth-order valence-corrected chi connectivity index (χ4v) is 3.03. The van der Waals surface area contributed by atoms with Gasteiger partial charge in [0.2, 0.25) is 5.91 Å². The zero-order valence-electron chi connectivity index (χ0n) is 14.4. The molecule has 0 aliphatic heterocycles. The standard InChI is InChI=1S/C18H17F2N3O3S/c1-2-25-13-7-8-14-15(9-13)23-18(22-14)27-10-16(24)21-11-3-5-12(6-4-11)26-17(19)20/h3-9,17H,2,10H2,1H3,(H,21,24)(H,22,23). The number of carbonyl (C=O) groups excluding carboxylic acids is 1. The number of anilines is 1. The van der Waals surface area contributed by atoms with Gasteiger partial charge >= 0.3 is 6.61 Å². The maximum atomic E-state index is 12.1. The van der Waals surface area contributed by atoms with Crippen molar-refractivity contribution in [3.05, 3.63) is 42.5 Å². The number of hydrogen-bond acceptors (Lipinski definition) is 5. The Labute approximate surface area is 158 Å². The second-order valence-corrected chi connectivity index (χ2v) is 6.36. The number of fused-ring (bicyclic) bond motifs is 1. The minimum atomic E-state index is -2.88. The molecular formula is C18H17F2N3O3S. The minimum absolute atomic E-state index is 0.0334. The predicted molar refractivity (Wildman–Crippen MR) is 99.7 cm³/mol. The number of amides is 1. The monoisotopic (exact) mass is 393 g/mol. The molecule has 0 bridgehead atoms. The summed E-state index contributed by atoms with van der Waals surface area (Å²) < 4.78 is 33.9. The minimum Gasteiger partial charge on any atom is -0.494 e. The Kier molecular flexibility index (Phi) is 6.12. The number of rotatable bonds is 8. The molecule has 0 atom stereocenters. The molecule has 2 N–H and O–H groups in total. The van der Waals surface area contributed by atoms with Crippen molar-refractivity contribution in [2.75, 3.05) is 17.7 Å². The molecule has 1 heterocycles. The normalized spacial score (nSPS) is 11.0. The largest absolute Gasteiger partial charge is 0.494 e. The number of halogens is 2. The van der Waals surface area contributed by atoms with E-state index in [0.29, 0.717) is 17.5 Å². The van der Waals surface area contributed by atoms with Crippen molar-refractivity contribution in [1.82, 2.24) is 9.97 Å². The highest BCUT2D eigenvalue weighted by Gasteiger charge is 2.09. The highest BCUT2D eigenvalue weighted by atomic mass is 32.2. The third-order valence-electron chi connectivity index (χ3n) is 3.45. The fraction of sp³-hybridized carbons (Fsp3) is 0.222. The Bertz CT molecular complexity index is 916. The molecule has 142 valence electrons. The number of alkyl halides is 2. The Morgan fingerprint density at radius 1 is 1.22 bits per heavy atom. The summed E-state index contributed by atoms with van der Waals surface area (Å²) in [6.07, 6.45) is 0. The Morgan fingerprint density at radius 2 is 1.96 bits per heavy atom. The molecule has 27 heavy (non-hydrogen) atoms. The summed E-state index contributed by atoms with van der Waals surface area (Å²) in [5, 5.41) is 3.31. The summed E-state index contributed by atoms with van der Waals surface area (Å²) in [5.74, 6) is 0.694. The van der Waals surface area contributed by atoms with Crippen LogP contribution in [-0.2, 0) is 4.79 Å². The maximum absolute atomic E-state index is 12.1. The van der Waals surface area contributed by atoms with E-state index < -0.39 is 6.61 Å². The number of benzene rings is 2. The molecule has 6 nitrogen and oxygen atoms in total. The van der Waals surface area contributed by atoms with Crippen LogP contribution in [0.3, 0.4) is 0 Å². The van der Waals surface area contributed by atoms with Gasteiger partial charge in [-0.05, 0) is 43.3 Å². The highest BCUT2D eigenvalue weighted by molar-refractivity contribution is 7.99. The first-order valence-electron chi connectivity index (χ1n) is 8.13. The summed E-state index contributed by atoms with van der Waals surface area (Å²) in [4.78, 5) is 19.6. The second kappa shape index (κ2) is 8.72. The quantitative estimate of drug-likeness (QED) is 0.558. The van der Waals surface area contributed by atoms with E-state index in [0.717, 1.165) is 16.8 Å². The number of aromatic amines is 1. The third kappa shape index (κ3) is 5.33. The number of hydrogen-bond donors (Lipinski definition) is 2. The van der Waals surface area contributed by atoms with E-state index in [-0.39, 0.29) is 17.4 Å². The van der Waals surface area contributed by atoms with Gasteiger partial charge in [-0.25, -0.2) is 4.98 Å². The second-order valence-electron chi connectivity index (χ2n) is 5.39. The van der Waals surface area contributed by atoms with E-state index >= 15 is 0 Å². The SMILES string of the molecule is CCOc1ccc2nc(SCC(=O)Nc3ccc(OC(F)F)cc3)[nH]c2c1. The van der Waals surface area contributed by atoms with Crippen molar-refractivity contribution in [1.29, 1.82) is 0 Å². The molecule has 3 rings (SSSR count). The van der Waals surface area contributed by atoms with Crippen LogP contribution in [0.5, 0.6) is 11.5 Å². The van der Waals surface area contributed by atoms with E-state index in [4.69, 9.17) is 4.74 Å².